The summed E-state index contributed by atoms with van der Waals surface area (Å²) in [7, 11) is 0. The lowest BCUT2D eigenvalue weighted by Gasteiger charge is -2.23. The second kappa shape index (κ2) is 10.0. The number of rotatable bonds is 9. The van der Waals surface area contributed by atoms with Gasteiger partial charge < -0.3 is 14.6 Å². The first-order chi connectivity index (χ1) is 16.3. The smallest absolute Gasteiger partial charge is 0.416 e. The first kappa shape index (κ1) is 26.1. The molecular formula is C26H29F3N2O4. The lowest BCUT2D eigenvalue weighted by Crippen LogP contribution is -2.38. The molecule has 0 aliphatic heterocycles. The normalized spacial score (nSPS) is 12.9. The Morgan fingerprint density at radius 2 is 1.77 bits per heavy atom. The van der Waals surface area contributed by atoms with Gasteiger partial charge in [-0.25, -0.2) is 9.48 Å². The van der Waals surface area contributed by atoms with Gasteiger partial charge in [0.25, 0.3) is 0 Å². The van der Waals surface area contributed by atoms with Crippen molar-refractivity contribution in [3.63, 3.8) is 0 Å². The van der Waals surface area contributed by atoms with Gasteiger partial charge in [0.15, 0.2) is 5.60 Å². The molecule has 1 N–H and O–H groups in total. The van der Waals surface area contributed by atoms with Crippen molar-refractivity contribution in [2.45, 2.75) is 58.7 Å². The minimum atomic E-state index is -4.39. The maximum atomic E-state index is 12.9. The number of benzene rings is 2. The van der Waals surface area contributed by atoms with Gasteiger partial charge in [-0.3, -0.25) is 0 Å². The van der Waals surface area contributed by atoms with Crippen molar-refractivity contribution in [2.24, 2.45) is 0 Å². The topological polar surface area (TPSA) is 73.6 Å². The van der Waals surface area contributed by atoms with Crippen molar-refractivity contribution >= 4 is 5.97 Å². The minimum absolute atomic E-state index is 0.0142. The molecule has 1 unspecified atom stereocenters. The summed E-state index contributed by atoms with van der Waals surface area (Å²) in [5.74, 6) is 0.0373. The van der Waals surface area contributed by atoms with E-state index in [2.05, 4.69) is 5.10 Å². The Morgan fingerprint density at radius 1 is 1.11 bits per heavy atom. The van der Waals surface area contributed by atoms with E-state index in [1.165, 1.54) is 26.0 Å². The Balaban J connectivity index is 1.72. The van der Waals surface area contributed by atoms with Crippen LogP contribution in [0.5, 0.6) is 11.5 Å². The van der Waals surface area contributed by atoms with Crippen molar-refractivity contribution in [3.05, 3.63) is 71.0 Å². The maximum Gasteiger partial charge on any atom is 0.416 e. The number of halogens is 3. The predicted octanol–water partition coefficient (Wildman–Crippen LogP) is 6.32. The minimum Gasteiger partial charge on any atom is -0.493 e. The second-order valence-electron chi connectivity index (χ2n) is 8.92. The van der Waals surface area contributed by atoms with Crippen LogP contribution in [0.25, 0.3) is 5.69 Å². The Bertz CT molecular complexity index is 1180. The van der Waals surface area contributed by atoms with Crippen LogP contribution in [-0.2, 0) is 11.0 Å². The number of hydrogen-bond donors (Lipinski definition) is 1. The van der Waals surface area contributed by atoms with E-state index in [-0.39, 0.29) is 5.92 Å². The number of carboxylic acid groups (broad SMARTS) is 1. The van der Waals surface area contributed by atoms with Crippen molar-refractivity contribution < 1.29 is 32.5 Å². The molecule has 0 amide bonds. The average Bonchev–Trinajstić information content (AvgIpc) is 3.17. The summed E-state index contributed by atoms with van der Waals surface area (Å²) >= 11 is 0. The molecular weight excluding hydrogens is 461 g/mol. The lowest BCUT2D eigenvalue weighted by atomic mass is 9.98. The summed E-state index contributed by atoms with van der Waals surface area (Å²) in [6.45, 7) is 9.04. The fourth-order valence-corrected chi connectivity index (χ4v) is 3.58. The number of ether oxygens (including phenoxy) is 2. The third kappa shape index (κ3) is 6.15. The molecule has 1 aromatic heterocycles. The van der Waals surface area contributed by atoms with E-state index in [0.717, 1.165) is 35.4 Å². The van der Waals surface area contributed by atoms with Gasteiger partial charge >= 0.3 is 12.1 Å². The van der Waals surface area contributed by atoms with E-state index in [0.29, 0.717) is 23.8 Å². The number of alkyl halides is 3. The van der Waals surface area contributed by atoms with Crippen LogP contribution < -0.4 is 9.47 Å². The molecule has 9 heteroatoms. The summed E-state index contributed by atoms with van der Waals surface area (Å²) in [4.78, 5) is 11.3. The Kier molecular flexibility index (Phi) is 7.47. The van der Waals surface area contributed by atoms with Crippen molar-refractivity contribution in [1.29, 1.82) is 0 Å². The van der Waals surface area contributed by atoms with Gasteiger partial charge in [0.1, 0.15) is 11.5 Å². The quantitative estimate of drug-likeness (QED) is 0.380. The molecule has 0 aliphatic rings. The zero-order valence-corrected chi connectivity index (χ0v) is 20.3. The Hall–Kier alpha value is -3.49. The fourth-order valence-electron chi connectivity index (χ4n) is 3.58. The highest BCUT2D eigenvalue weighted by Crippen LogP contribution is 2.31. The van der Waals surface area contributed by atoms with Crippen LogP contribution in [-0.4, -0.2) is 33.1 Å². The molecule has 0 fully saturated rings. The average molecular weight is 491 g/mol. The van der Waals surface area contributed by atoms with Crippen LogP contribution in [0.3, 0.4) is 0 Å². The maximum absolute atomic E-state index is 12.9. The van der Waals surface area contributed by atoms with E-state index >= 15 is 0 Å². The largest absolute Gasteiger partial charge is 0.493 e. The second-order valence-corrected chi connectivity index (χ2v) is 8.92. The fraction of sp³-hybridized carbons (Fsp3) is 0.385. The molecule has 0 aliphatic carbocycles. The van der Waals surface area contributed by atoms with Gasteiger partial charge in [-0.2, -0.15) is 18.3 Å². The third-order valence-corrected chi connectivity index (χ3v) is 5.81. The van der Waals surface area contributed by atoms with Crippen molar-refractivity contribution in [3.8, 4) is 17.2 Å². The van der Waals surface area contributed by atoms with Crippen LogP contribution in [0, 0.1) is 13.8 Å². The molecule has 3 rings (SSSR count). The molecule has 188 valence electrons. The van der Waals surface area contributed by atoms with Gasteiger partial charge in [0, 0.05) is 12.1 Å². The van der Waals surface area contributed by atoms with Crippen LogP contribution in [0.15, 0.2) is 48.7 Å². The summed E-state index contributed by atoms with van der Waals surface area (Å²) in [6.07, 6.45) is -1.79. The standard InChI is InChI=1S/C26H29F3N2O4/c1-6-18(15-34-21-11-12-23(16(2)13-21)35-25(4,5)24(32)33)22-14-31(30-17(22)3)20-9-7-19(8-10-20)26(27,28)29/h7-14,18H,6,15H2,1-5H3,(H,32,33). The van der Waals surface area contributed by atoms with E-state index in [1.54, 1.807) is 22.9 Å². The molecule has 35 heavy (non-hydrogen) atoms. The molecule has 0 bridgehead atoms. The van der Waals surface area contributed by atoms with E-state index < -0.39 is 23.3 Å². The molecule has 0 radical (unpaired) electrons. The van der Waals surface area contributed by atoms with E-state index in [9.17, 15) is 23.1 Å². The summed E-state index contributed by atoms with van der Waals surface area (Å²) in [5.41, 5.74) is 0.951. The monoisotopic (exact) mass is 490 g/mol. The van der Waals surface area contributed by atoms with Gasteiger partial charge in [-0.05, 0) is 87.7 Å². The van der Waals surface area contributed by atoms with E-state index in [4.69, 9.17) is 9.47 Å². The predicted molar refractivity (Wildman–Crippen MR) is 125 cm³/mol. The summed E-state index contributed by atoms with van der Waals surface area (Å²) in [5, 5.41) is 13.8. The number of aliphatic carboxylic acids is 1. The van der Waals surface area contributed by atoms with Gasteiger partial charge in [-0.15, -0.1) is 0 Å². The van der Waals surface area contributed by atoms with Gasteiger partial charge in [0.05, 0.1) is 23.6 Å². The molecule has 2 aromatic carbocycles. The highest BCUT2D eigenvalue weighted by atomic mass is 19.4. The molecule has 0 saturated carbocycles. The number of nitrogens with zero attached hydrogens (tertiary/aromatic N) is 2. The Morgan fingerprint density at radius 3 is 2.31 bits per heavy atom. The van der Waals surface area contributed by atoms with Crippen molar-refractivity contribution in [1.82, 2.24) is 9.78 Å². The number of aromatic nitrogens is 2. The highest BCUT2D eigenvalue weighted by Gasteiger charge is 2.31. The van der Waals surface area contributed by atoms with Gasteiger partial charge in [0.2, 0.25) is 0 Å². The van der Waals surface area contributed by atoms with Gasteiger partial charge in [-0.1, -0.05) is 6.92 Å². The molecule has 1 atom stereocenters. The summed E-state index contributed by atoms with van der Waals surface area (Å²) < 4.78 is 51.8. The first-order valence-corrected chi connectivity index (χ1v) is 11.2. The van der Waals surface area contributed by atoms with Crippen LogP contribution in [0.2, 0.25) is 0 Å². The molecule has 3 aromatic rings. The number of carboxylic acids is 1. The number of aryl methyl sites for hydroxylation is 2. The van der Waals surface area contributed by atoms with Crippen molar-refractivity contribution in [2.75, 3.05) is 6.61 Å². The lowest BCUT2D eigenvalue weighted by molar-refractivity contribution is -0.152. The molecule has 1 heterocycles. The molecule has 0 spiro atoms. The molecule has 6 nitrogen and oxygen atoms in total. The number of carbonyl (C=O) groups is 1. The first-order valence-electron chi connectivity index (χ1n) is 11.2. The highest BCUT2D eigenvalue weighted by molar-refractivity contribution is 5.76. The molecule has 0 saturated heterocycles. The zero-order chi connectivity index (χ0) is 26.0. The summed E-state index contributed by atoms with van der Waals surface area (Å²) in [6, 6.07) is 10.1. The third-order valence-electron chi connectivity index (χ3n) is 5.81. The zero-order valence-electron chi connectivity index (χ0n) is 20.3. The van der Waals surface area contributed by atoms with E-state index in [1.807, 2.05) is 27.0 Å². The SMILES string of the molecule is CCC(COc1ccc(OC(C)(C)C(=O)O)c(C)c1)c1cn(-c2ccc(C(F)(F)F)cc2)nc1C. The van der Waals surface area contributed by atoms with Crippen LogP contribution >= 0.6 is 0 Å². The number of hydrogen-bond acceptors (Lipinski definition) is 4. The van der Waals surface area contributed by atoms with Crippen LogP contribution in [0.4, 0.5) is 13.2 Å². The van der Waals surface area contributed by atoms with Crippen LogP contribution in [0.1, 0.15) is 55.5 Å². The Labute approximate surface area is 202 Å².